The molecule has 7 N–H and O–H groups in total. The van der Waals surface area contributed by atoms with Crippen LogP contribution in [0.25, 0.3) is 0 Å². The van der Waals surface area contributed by atoms with E-state index < -0.39 is 30.1 Å². The average Bonchev–Trinajstić information content (AvgIpc) is 2.12. The van der Waals surface area contributed by atoms with Gasteiger partial charge in [-0.1, -0.05) is 0 Å². The second-order valence-corrected chi connectivity index (χ2v) is 3.25. The molecule has 0 aliphatic rings. The van der Waals surface area contributed by atoms with Crippen LogP contribution in [0.4, 0.5) is 0 Å². The molecule has 0 rings (SSSR count). The molecule has 0 aromatic carbocycles. The molecule has 15 heavy (non-hydrogen) atoms. The van der Waals surface area contributed by atoms with Crippen molar-refractivity contribution in [1.82, 2.24) is 5.32 Å². The third-order valence-corrected chi connectivity index (χ3v) is 1.86. The van der Waals surface area contributed by atoms with Gasteiger partial charge in [0, 0.05) is 0 Å². The molecule has 7 nitrogen and oxygen atoms in total. The molecule has 7 heteroatoms. The molecule has 0 aromatic rings. The fraction of sp³-hybridized carbons (Fsp3) is 0.750. The van der Waals surface area contributed by atoms with Crippen LogP contribution in [-0.4, -0.2) is 46.8 Å². The Morgan fingerprint density at radius 3 is 2.33 bits per heavy atom. The zero-order valence-electron chi connectivity index (χ0n) is 8.51. The Morgan fingerprint density at radius 2 is 2.00 bits per heavy atom. The third kappa shape index (κ3) is 4.73. The van der Waals surface area contributed by atoms with Crippen LogP contribution in [0.2, 0.25) is 0 Å². The van der Waals surface area contributed by atoms with E-state index in [9.17, 15) is 9.59 Å². The normalized spacial score (nSPS) is 16.5. The molecule has 0 spiro atoms. The summed E-state index contributed by atoms with van der Waals surface area (Å²) in [5.74, 6) is -1.94. The van der Waals surface area contributed by atoms with Gasteiger partial charge in [0.1, 0.15) is 0 Å². The van der Waals surface area contributed by atoms with E-state index in [0.29, 0.717) is 0 Å². The van der Waals surface area contributed by atoms with Crippen molar-refractivity contribution in [3.05, 3.63) is 0 Å². The van der Waals surface area contributed by atoms with Crippen molar-refractivity contribution in [1.29, 1.82) is 0 Å². The molecule has 0 aromatic heterocycles. The monoisotopic (exact) mass is 219 g/mol. The minimum Gasteiger partial charge on any atom is -0.480 e. The van der Waals surface area contributed by atoms with Gasteiger partial charge in [-0.15, -0.1) is 0 Å². The molecule has 0 aliphatic heterocycles. The highest BCUT2D eigenvalue weighted by Gasteiger charge is 2.26. The second-order valence-electron chi connectivity index (χ2n) is 3.25. The molecule has 0 bridgehead atoms. The van der Waals surface area contributed by atoms with Crippen molar-refractivity contribution in [2.24, 2.45) is 11.5 Å². The molecule has 0 saturated heterocycles. The zero-order valence-corrected chi connectivity index (χ0v) is 8.51. The van der Waals surface area contributed by atoms with Crippen molar-refractivity contribution in [3.8, 4) is 0 Å². The maximum Gasteiger partial charge on any atom is 0.328 e. The fourth-order valence-electron chi connectivity index (χ4n) is 0.960. The Morgan fingerprint density at radius 1 is 1.47 bits per heavy atom. The van der Waals surface area contributed by atoms with Crippen LogP contribution in [0.15, 0.2) is 0 Å². The highest BCUT2D eigenvalue weighted by Crippen LogP contribution is 1.95. The van der Waals surface area contributed by atoms with E-state index in [-0.39, 0.29) is 13.0 Å². The molecule has 0 fully saturated rings. The third-order valence-electron chi connectivity index (χ3n) is 1.86. The van der Waals surface area contributed by atoms with Gasteiger partial charge < -0.3 is 27.0 Å². The van der Waals surface area contributed by atoms with Gasteiger partial charge in [-0.25, -0.2) is 4.79 Å². The van der Waals surface area contributed by atoms with Gasteiger partial charge in [-0.3, -0.25) is 4.79 Å². The van der Waals surface area contributed by atoms with E-state index in [1.165, 1.54) is 6.92 Å². The summed E-state index contributed by atoms with van der Waals surface area (Å²) >= 11 is 0. The number of carboxylic acid groups (broad SMARTS) is 1. The molecule has 0 aliphatic carbocycles. The lowest BCUT2D eigenvalue weighted by Gasteiger charge is -2.19. The smallest absolute Gasteiger partial charge is 0.328 e. The van der Waals surface area contributed by atoms with Crippen LogP contribution in [0.1, 0.15) is 13.3 Å². The topological polar surface area (TPSA) is 139 Å². The van der Waals surface area contributed by atoms with E-state index in [0.717, 1.165) is 0 Å². The number of carbonyl (C=O) groups is 2. The van der Waals surface area contributed by atoms with Gasteiger partial charge in [0.25, 0.3) is 0 Å². The van der Waals surface area contributed by atoms with E-state index >= 15 is 0 Å². The minimum absolute atomic E-state index is 0.237. The first-order valence-electron chi connectivity index (χ1n) is 4.57. The summed E-state index contributed by atoms with van der Waals surface area (Å²) in [4.78, 5) is 21.9. The number of nitrogens with one attached hydrogen (secondary N) is 1. The number of amides is 1. The Hall–Kier alpha value is -1.18. The molecule has 3 atom stereocenters. The summed E-state index contributed by atoms with van der Waals surface area (Å²) in [6.07, 6.45) is -0.922. The first kappa shape index (κ1) is 13.8. The number of nitrogens with two attached hydrogens (primary N) is 2. The highest BCUT2D eigenvalue weighted by atomic mass is 16.4. The summed E-state index contributed by atoms with van der Waals surface area (Å²) in [7, 11) is 0. The standard InChI is InChI=1S/C8H17N3O4/c1-4(12)6(8(14)15)11-7(13)5(10)2-3-9/h4-6,12H,2-3,9-10H2,1H3,(H,11,13)(H,14,15)/t4-,5?,6+/m1/s1. The highest BCUT2D eigenvalue weighted by molar-refractivity contribution is 5.87. The fourth-order valence-corrected chi connectivity index (χ4v) is 0.960. The van der Waals surface area contributed by atoms with Crippen LogP contribution < -0.4 is 16.8 Å². The van der Waals surface area contributed by atoms with Gasteiger partial charge in [0.05, 0.1) is 12.1 Å². The van der Waals surface area contributed by atoms with E-state index in [4.69, 9.17) is 21.7 Å². The summed E-state index contributed by atoms with van der Waals surface area (Å²) in [6.45, 7) is 1.51. The number of rotatable bonds is 6. The lowest BCUT2D eigenvalue weighted by atomic mass is 10.1. The van der Waals surface area contributed by atoms with Gasteiger partial charge in [0.15, 0.2) is 6.04 Å². The summed E-state index contributed by atoms with van der Waals surface area (Å²) in [6, 6.07) is -2.20. The lowest BCUT2D eigenvalue weighted by Crippen LogP contribution is -2.53. The van der Waals surface area contributed by atoms with Crippen LogP contribution in [-0.2, 0) is 9.59 Å². The molecule has 1 unspecified atom stereocenters. The lowest BCUT2D eigenvalue weighted by molar-refractivity contribution is -0.145. The SMILES string of the molecule is C[C@@H](O)[C@H](NC(=O)C(N)CCN)C(=O)O. The molecule has 88 valence electrons. The number of aliphatic hydroxyl groups is 1. The van der Waals surface area contributed by atoms with Gasteiger partial charge in [0.2, 0.25) is 5.91 Å². The summed E-state index contributed by atoms with van der Waals surface area (Å²) in [5.41, 5.74) is 10.6. The number of aliphatic hydroxyl groups excluding tert-OH is 1. The van der Waals surface area contributed by atoms with Crippen LogP contribution in [0.5, 0.6) is 0 Å². The summed E-state index contributed by atoms with van der Waals surface area (Å²) in [5, 5.41) is 19.9. The molecule has 0 heterocycles. The van der Waals surface area contributed by atoms with Gasteiger partial charge in [-0.2, -0.15) is 0 Å². The predicted octanol–water partition coefficient (Wildman–Crippen LogP) is -2.39. The molecular weight excluding hydrogens is 202 g/mol. The number of carbonyl (C=O) groups excluding carboxylic acids is 1. The number of hydrogen-bond donors (Lipinski definition) is 5. The van der Waals surface area contributed by atoms with Gasteiger partial charge >= 0.3 is 5.97 Å². The molecule has 1 amide bonds. The number of aliphatic carboxylic acids is 1. The first-order chi connectivity index (χ1) is 6.90. The van der Waals surface area contributed by atoms with Crippen molar-refractivity contribution in [2.45, 2.75) is 31.5 Å². The van der Waals surface area contributed by atoms with Crippen molar-refractivity contribution in [2.75, 3.05) is 6.54 Å². The van der Waals surface area contributed by atoms with Crippen molar-refractivity contribution in [3.63, 3.8) is 0 Å². The molecular formula is C8H17N3O4. The Bertz CT molecular complexity index is 232. The van der Waals surface area contributed by atoms with Gasteiger partial charge in [-0.05, 0) is 19.9 Å². The second kappa shape index (κ2) is 6.33. The number of hydrogen-bond acceptors (Lipinski definition) is 5. The average molecular weight is 219 g/mol. The van der Waals surface area contributed by atoms with E-state index in [2.05, 4.69) is 5.32 Å². The quantitative estimate of drug-likeness (QED) is 0.338. The Labute approximate surface area is 87.4 Å². The molecule has 0 saturated carbocycles. The van der Waals surface area contributed by atoms with Crippen molar-refractivity contribution < 1.29 is 19.8 Å². The first-order valence-corrected chi connectivity index (χ1v) is 4.57. The maximum absolute atomic E-state index is 11.3. The number of carboxylic acids is 1. The van der Waals surface area contributed by atoms with E-state index in [1.54, 1.807) is 0 Å². The Balaban J connectivity index is 4.29. The van der Waals surface area contributed by atoms with Crippen LogP contribution in [0.3, 0.4) is 0 Å². The molecule has 0 radical (unpaired) electrons. The van der Waals surface area contributed by atoms with Crippen LogP contribution >= 0.6 is 0 Å². The zero-order chi connectivity index (χ0) is 12.0. The Kier molecular flexibility index (Phi) is 5.83. The van der Waals surface area contributed by atoms with Crippen LogP contribution in [0, 0.1) is 0 Å². The van der Waals surface area contributed by atoms with Crippen molar-refractivity contribution >= 4 is 11.9 Å². The largest absolute Gasteiger partial charge is 0.480 e. The minimum atomic E-state index is -1.35. The predicted molar refractivity (Wildman–Crippen MR) is 52.9 cm³/mol. The van der Waals surface area contributed by atoms with E-state index in [1.807, 2.05) is 0 Å². The maximum atomic E-state index is 11.3. The summed E-state index contributed by atoms with van der Waals surface area (Å²) < 4.78 is 0.